The number of rotatable bonds is 18. The molecule has 0 radical (unpaired) electrons. The van der Waals surface area contributed by atoms with Gasteiger partial charge in [-0.1, -0.05) is 76.7 Å². The summed E-state index contributed by atoms with van der Waals surface area (Å²) in [6, 6.07) is 44.7. The zero-order valence-electron chi connectivity index (χ0n) is 75.2. The van der Waals surface area contributed by atoms with Gasteiger partial charge in [-0.3, -0.25) is 33.1 Å². The van der Waals surface area contributed by atoms with Gasteiger partial charge >= 0.3 is 168 Å². The van der Waals surface area contributed by atoms with Crippen molar-refractivity contribution in [3.8, 4) is 28.7 Å². The Hall–Kier alpha value is -7.44. The van der Waals surface area contributed by atoms with E-state index in [0.29, 0.717) is 118 Å². The first-order chi connectivity index (χ1) is 62.4. The summed E-state index contributed by atoms with van der Waals surface area (Å²) in [6.45, 7) is 15.1. The number of halogens is 4. The number of benzene rings is 8. The van der Waals surface area contributed by atoms with E-state index in [1.54, 1.807) is 125 Å². The quantitative estimate of drug-likeness (QED) is 0.00540. The molecule has 2 aliphatic rings. The van der Waals surface area contributed by atoms with E-state index in [9.17, 15) is 39.6 Å². The number of aliphatic carboxylic acids is 1. The molecule has 45 heteroatoms. The van der Waals surface area contributed by atoms with Gasteiger partial charge in [-0.05, 0) is 185 Å². The van der Waals surface area contributed by atoms with Gasteiger partial charge in [0.05, 0.1) is 149 Å². The number of nitrogens with two attached hydrogens (primary N) is 1. The topological polar surface area (TPSA) is 564 Å². The van der Waals surface area contributed by atoms with Crippen molar-refractivity contribution in [2.45, 2.75) is 71.9 Å². The molecule has 15 aromatic rings. The summed E-state index contributed by atoms with van der Waals surface area (Å²) < 4.78 is 96.5. The molecular weight excluding hydrogens is 2090 g/mol. The number of aromatic hydroxyl groups is 4. The molecule has 0 amide bonds. The van der Waals surface area contributed by atoms with Crippen LogP contribution in [-0.2, 0) is 97.6 Å². The number of carboxylic acids is 1. The van der Waals surface area contributed by atoms with Gasteiger partial charge in [0.2, 0.25) is 0 Å². The minimum atomic E-state index is -4.67. The normalized spacial score (nSPS) is 11.4. The number of hydrogen-bond donors (Lipinski definition) is 12. The predicted molar refractivity (Wildman–Crippen MR) is 505 cm³/mol. The van der Waals surface area contributed by atoms with Gasteiger partial charge in [0.25, 0.3) is 6.47 Å². The number of carbonyl (C=O) groups excluding carboxylic acids is 4. The number of hydrogen-bond acceptors (Lipinski definition) is 32. The summed E-state index contributed by atoms with van der Waals surface area (Å²) in [7, 11) is -6.07. The number of carbonyl (C=O) groups is 5. The fraction of sp³-hybridized carbons (Fsp3) is 0.244. The standard InChI is InChI=1S/C21H17BrO5.C14H15NO3S.C12H12O4.C10H8O4.C10H8O3.C9H6Br2O.C7H10BNO2.C4H9NO.C2H6O.CH2O3.ClH.2K.Na.H2O4S.H2O.H/c1-2-24-19(23)11-14-3-4-18-16(6-8-25-18)20(14)27-12-13-9-15-5-7-26-21(15)17(22)10-13;16-14-10(1-2-12-11(14)3-6-18-12)9-13(19)15-4-7-17-8-5-15;1-2-15-11(13)7-8-3-4-10-9(12(8)14)5-6-16-10;11-9(12)5-6-1-2-8-7(10(6)13)3-4-14-8;1-6(11)7-2-3-9-8(10(7)12)4-5-13-9;10-5-6-3-7-1-2-12-9(7)8(11)4-6;9-5-6-2-1-3-7(4-6)8(10)11;1-3-6-4-2-5-1;1-2-3;2-1-4-3;;;;;1-5(2,3)4;;/h3-10H,2,11-12H2,1H3;1-3,6,16H,4-5,7-9H2;3-6,14H,2,7H2,1H3;1-4,13H,5H2,(H,11,12);2-5,12H,1H3;1-4H,5H2;1-4,10-11H,5,9H2;5H,1-4H2;3H,2H2,1H3;1,3H;1H;;;;(H2,1,2,3,4);1H2;/q;;;;;;;;;;;3*+1;;;-1/p-2. The van der Waals surface area contributed by atoms with Gasteiger partial charge in [0, 0.05) is 84.1 Å². The molecule has 0 unspecified atom stereocenters. The van der Waals surface area contributed by atoms with Crippen LogP contribution in [0, 0.1) is 0 Å². The number of Topliss-reactive ketones (excluding diaryl/α,β-unsaturated/α-hetero) is 1. The largest absolute Gasteiger partial charge is 1.00 e. The maximum atomic E-state index is 12.0. The molecule has 0 saturated carbocycles. The zero-order chi connectivity index (χ0) is 94.8. The second-order valence-electron chi connectivity index (χ2n) is 27.1. The SMILES string of the molecule is BrCc1cc(Br)c2occc2c1.C1COCCN1.CC(=O)c1ccc2occc2c1O.CCO.CCOC(=O)Cc1ccc2occc2c1O.CCOC(=O)Cc1ccc2occc2c1OCc1cc(Br)c2occc2c1.Cl.NCc1cccc(B(O)O)c1.O=C(O)Cc1ccc2occc2c1O.O=CO[O-].O=S(=O)(O)O.Oc1c(CC(=S)N2CCOCC2)ccc2occc12.[H-].[K+].[K+].[Na+].[OH-]. The van der Waals surface area contributed by atoms with E-state index < -0.39 is 23.5 Å². The van der Waals surface area contributed by atoms with Crippen LogP contribution in [0.1, 0.15) is 78.4 Å². The molecule has 9 heterocycles. The molecule has 2 fully saturated rings. The van der Waals surface area contributed by atoms with Crippen LogP contribution in [0.3, 0.4) is 0 Å². The van der Waals surface area contributed by atoms with Crippen molar-refractivity contribution in [2.24, 2.45) is 5.73 Å². The number of phenolic OH excluding ortho intramolecular Hbond substituents is 4. The molecule has 0 aliphatic carbocycles. The Labute approximate surface area is 920 Å². The molecule has 2 saturated heterocycles. The number of thiocarbonyl (C=S) groups is 1. The van der Waals surface area contributed by atoms with E-state index in [1.165, 1.54) is 31.3 Å². The van der Waals surface area contributed by atoms with E-state index in [2.05, 4.69) is 75.0 Å². The van der Waals surface area contributed by atoms with Crippen molar-refractivity contribution in [1.82, 2.24) is 10.2 Å². The fourth-order valence-electron chi connectivity index (χ4n) is 12.2. The number of alkyl halides is 1. The zero-order valence-corrected chi connectivity index (χ0v) is 89.7. The molecule has 35 nitrogen and oxygen atoms in total. The third-order valence-corrected chi connectivity index (χ3v) is 20.3. The Morgan fingerprint density at radius 2 is 0.956 bits per heavy atom. The average Bonchev–Trinajstić information content (AvgIpc) is 1.58. The van der Waals surface area contributed by atoms with Crippen LogP contribution in [-0.4, -0.2) is 183 Å². The van der Waals surface area contributed by atoms with Gasteiger partial charge in [-0.2, -0.15) is 8.42 Å². The number of aliphatic hydroxyl groups excluding tert-OH is 1. The van der Waals surface area contributed by atoms with Crippen LogP contribution in [0.25, 0.3) is 76.8 Å². The smallest absolute Gasteiger partial charge is 1.00 e. The molecule has 7 aromatic heterocycles. The van der Waals surface area contributed by atoms with Crippen molar-refractivity contribution in [1.29, 1.82) is 0 Å². The monoisotopic (exact) mass is 2180 g/mol. The minimum Gasteiger partial charge on any atom is -1.00 e. The summed E-state index contributed by atoms with van der Waals surface area (Å²) >= 11 is 15.8. The van der Waals surface area contributed by atoms with E-state index in [1.807, 2.05) is 60.7 Å². The van der Waals surface area contributed by atoms with Crippen LogP contribution in [0.15, 0.2) is 235 Å². The number of esters is 2. The second-order valence-corrected chi connectivity index (χ2v) is 30.7. The summed E-state index contributed by atoms with van der Waals surface area (Å²) in [6.07, 6.45) is 11.6. The van der Waals surface area contributed by atoms with Gasteiger partial charge in [0.1, 0.15) is 74.4 Å². The Kier molecular flexibility index (Phi) is 60.0. The molecule has 0 spiro atoms. The van der Waals surface area contributed by atoms with Crippen molar-refractivity contribution >= 4 is 207 Å². The molecule has 0 atom stereocenters. The van der Waals surface area contributed by atoms with E-state index >= 15 is 0 Å². The molecule has 710 valence electrons. The number of carboxylic acid groups (broad SMARTS) is 1. The Balaban J connectivity index is 0.000000776. The maximum Gasteiger partial charge on any atom is 1.00 e. The third-order valence-electron chi connectivity index (χ3n) is 18.1. The van der Waals surface area contributed by atoms with Gasteiger partial charge in [-0.25, -0.2) is 0 Å². The molecule has 2 aliphatic heterocycles. The van der Waals surface area contributed by atoms with Crippen LogP contribution in [0.5, 0.6) is 28.7 Å². The number of ether oxygens (including phenoxy) is 5. The predicted octanol–water partition coefficient (Wildman–Crippen LogP) is 5.99. The van der Waals surface area contributed by atoms with Crippen LogP contribution >= 0.6 is 72.4 Å². The Morgan fingerprint density at radius 3 is 1.36 bits per heavy atom. The van der Waals surface area contributed by atoms with Crippen LogP contribution < -0.4 is 159 Å². The van der Waals surface area contributed by atoms with E-state index in [0.717, 1.165) is 114 Å². The number of fused-ring (bicyclic) bond motifs is 7. The first-order valence-electron chi connectivity index (χ1n) is 39.5. The first kappa shape index (κ1) is 124. The molecular formula is C90H97BBr3ClK2N3NaO32S2. The number of nitrogens with one attached hydrogen (secondary N) is 1. The summed E-state index contributed by atoms with van der Waals surface area (Å²) in [4.78, 5) is 59.0. The van der Waals surface area contributed by atoms with Crippen LogP contribution in [0.4, 0.5) is 0 Å². The number of furan rings is 7. The van der Waals surface area contributed by atoms with Crippen molar-refractivity contribution < 1.29 is 286 Å². The molecule has 17 rings (SSSR count). The molecule has 8 aromatic carbocycles. The average molecular weight is 2180 g/mol. The van der Waals surface area contributed by atoms with E-state index in [-0.39, 0.29) is 225 Å². The summed E-state index contributed by atoms with van der Waals surface area (Å²) in [5, 5.41) is 91.0. The van der Waals surface area contributed by atoms with Gasteiger partial charge < -0.3 is 128 Å². The van der Waals surface area contributed by atoms with Gasteiger partial charge in [-0.15, -0.1) is 12.4 Å². The van der Waals surface area contributed by atoms with Crippen molar-refractivity contribution in [3.05, 3.63) is 249 Å². The number of ketones is 1. The summed E-state index contributed by atoms with van der Waals surface area (Å²) in [5.74, 6) is -0.784. The molecule has 14 N–H and O–H groups in total. The maximum absolute atomic E-state index is 12.0. The number of aliphatic hydroxyl groups is 1. The van der Waals surface area contributed by atoms with Gasteiger partial charge in [0.15, 0.2) is 5.78 Å². The second kappa shape index (κ2) is 65.5. The molecule has 0 bridgehead atoms. The molecule has 135 heavy (non-hydrogen) atoms. The van der Waals surface area contributed by atoms with Crippen molar-refractivity contribution in [3.63, 3.8) is 0 Å². The van der Waals surface area contributed by atoms with Crippen LogP contribution in [0.2, 0.25) is 0 Å². The Morgan fingerprint density at radius 1 is 0.570 bits per heavy atom. The fourth-order valence-corrected chi connectivity index (χ4v) is 14.1. The number of morpholine rings is 2. The Bertz CT molecular complexity index is 6270. The first-order valence-corrected chi connectivity index (χ1v) is 44.0. The minimum absolute atomic E-state index is 0. The van der Waals surface area contributed by atoms with E-state index in [4.69, 9.17) is 120 Å². The van der Waals surface area contributed by atoms with Crippen molar-refractivity contribution in [2.75, 3.05) is 72.4 Å². The number of phenols is 4. The number of nitrogens with zero attached hydrogens (tertiary/aromatic N) is 1. The third kappa shape index (κ3) is 40.7. The summed E-state index contributed by atoms with van der Waals surface area (Å²) in [5.41, 5.74) is 16.7.